The minimum atomic E-state index is -1.47. The van der Waals surface area contributed by atoms with Gasteiger partial charge in [0.1, 0.15) is 0 Å². The number of rotatable bonds is 12. The van der Waals surface area contributed by atoms with Crippen LogP contribution >= 0.6 is 0 Å². The van der Waals surface area contributed by atoms with Crippen LogP contribution in [0.5, 0.6) is 0 Å². The number of amides is 2. The Balaban J connectivity index is 1.56. The molecule has 45 heavy (non-hydrogen) atoms. The fourth-order valence-electron chi connectivity index (χ4n) is 6.49. The first kappa shape index (κ1) is 32.0. The van der Waals surface area contributed by atoms with E-state index in [1.54, 1.807) is 0 Å². The maximum Gasteiger partial charge on any atom is 0.370 e. The predicted molar refractivity (Wildman–Crippen MR) is 173 cm³/mol. The van der Waals surface area contributed by atoms with E-state index in [0.717, 1.165) is 50.8 Å². The van der Waals surface area contributed by atoms with Crippen molar-refractivity contribution in [2.75, 3.05) is 5.75 Å². The van der Waals surface area contributed by atoms with Crippen molar-refractivity contribution >= 4 is 47.7 Å². The Morgan fingerprint density at radius 2 is 1.76 bits per heavy atom. The van der Waals surface area contributed by atoms with Crippen molar-refractivity contribution in [2.24, 2.45) is 11.8 Å². The molecule has 0 radical (unpaired) electrons. The van der Waals surface area contributed by atoms with Crippen LogP contribution in [0.3, 0.4) is 0 Å². The molecule has 2 amide bonds. The van der Waals surface area contributed by atoms with E-state index in [1.165, 1.54) is 23.9 Å². The highest BCUT2D eigenvalue weighted by molar-refractivity contribution is 7.86. The van der Waals surface area contributed by atoms with Crippen LogP contribution in [-0.4, -0.2) is 66.1 Å². The van der Waals surface area contributed by atoms with E-state index in [1.807, 2.05) is 33.8 Å². The summed E-state index contributed by atoms with van der Waals surface area (Å²) < 4.78 is 0. The molecule has 7 N–H and O–H groups in total. The van der Waals surface area contributed by atoms with Gasteiger partial charge < -0.3 is 35.9 Å². The van der Waals surface area contributed by atoms with Crippen LogP contribution in [0.2, 0.25) is 0 Å². The molecule has 2 saturated heterocycles. The summed E-state index contributed by atoms with van der Waals surface area (Å²) >= 11 is 1.33. The normalized spacial score (nSPS) is 23.9. The third kappa shape index (κ3) is 6.37. The molecule has 0 unspecified atom stereocenters. The van der Waals surface area contributed by atoms with Crippen LogP contribution in [0, 0.1) is 25.7 Å². The first-order valence-electron chi connectivity index (χ1n) is 14.9. The highest BCUT2D eigenvalue weighted by Gasteiger charge is 2.52. The van der Waals surface area contributed by atoms with Gasteiger partial charge in [-0.2, -0.15) is 0 Å². The van der Waals surface area contributed by atoms with E-state index in [4.69, 9.17) is 0 Å². The molecule has 5 rings (SSSR count). The number of hydrogen-bond donors (Lipinski definition) is 7. The molecule has 12 heteroatoms. The third-order valence-electron chi connectivity index (χ3n) is 9.23. The molecule has 3 aliphatic heterocycles. The number of thiol groups is 1. The zero-order valence-corrected chi connectivity index (χ0v) is 26.6. The molecule has 0 aliphatic carbocycles. The molecule has 238 valence electrons. The van der Waals surface area contributed by atoms with E-state index in [-0.39, 0.29) is 49.0 Å². The topological polar surface area (TPSA) is 185 Å². The molecule has 0 aromatic carbocycles. The summed E-state index contributed by atoms with van der Waals surface area (Å²) in [5.41, 5.74) is 8.06. The van der Waals surface area contributed by atoms with Crippen LogP contribution in [0.25, 0.3) is 12.2 Å². The summed E-state index contributed by atoms with van der Waals surface area (Å²) in [5, 5.41) is 35.6. The fourth-order valence-corrected chi connectivity index (χ4v) is 7.49. The standard InChI is InChI=1S/C33H38N4O7S/c1-6-18-14(2)23(36-32(18)42)10-21-16(4)20(9-27(38)33(43)44)25(35-21)12-24-19(7-8-29(39)40)15(3)22(34-24)11-26-30(28-13-45-28)17(5)31(41)37-26/h6,9,11,17,23,28,30,34-35,38H,1,7-8,10,12-13H2,2-5H3,(H,36,42)(H,37,41)(H,39,40)(H,43,44)/p+1/b26-11-,27-9+/t17-,23-,28-,30-/m1/s1. The van der Waals surface area contributed by atoms with Gasteiger partial charge in [0.25, 0.3) is 5.91 Å². The van der Waals surface area contributed by atoms with Crippen molar-refractivity contribution < 1.29 is 34.5 Å². The molecule has 0 bridgehead atoms. The summed E-state index contributed by atoms with van der Waals surface area (Å²) in [6.07, 6.45) is 5.55. The van der Waals surface area contributed by atoms with Gasteiger partial charge in [-0.3, -0.25) is 14.4 Å². The fraction of sp³-hybridized carbons (Fsp3) is 0.394. The molecular weight excluding hydrogens is 596 g/mol. The number of carboxylic acids is 2. The van der Waals surface area contributed by atoms with Crippen molar-refractivity contribution in [2.45, 2.75) is 64.7 Å². The number of carboxylic acid groups (broad SMARTS) is 2. The van der Waals surface area contributed by atoms with Crippen molar-refractivity contribution in [3.05, 3.63) is 80.3 Å². The van der Waals surface area contributed by atoms with Crippen LogP contribution in [0.4, 0.5) is 0 Å². The highest BCUT2D eigenvalue weighted by atomic mass is 32.2. The number of aromatic nitrogens is 2. The number of hydrogen-bond acceptors (Lipinski definition) is 5. The van der Waals surface area contributed by atoms with Gasteiger partial charge in [0.15, 0.2) is 11.0 Å². The van der Waals surface area contributed by atoms with Gasteiger partial charge in [-0.15, -0.1) is 0 Å². The number of carbonyl (C=O) groups is 4. The Morgan fingerprint density at radius 3 is 2.36 bits per heavy atom. The van der Waals surface area contributed by atoms with Gasteiger partial charge in [0.2, 0.25) is 11.7 Å². The first-order valence-corrected chi connectivity index (χ1v) is 16.0. The lowest BCUT2D eigenvalue weighted by atomic mass is 9.91. The van der Waals surface area contributed by atoms with E-state index >= 15 is 0 Å². The SMILES string of the molecule is C=CC1=C(C)[C@@H](Cc2[nH]c(Cc3[nH]c(/C=C4\NC(=O)[C@H](C)[C@H]4[C@H]4C[SH+]4)c(C)c3CCC(=O)O)c(/C=C(/O)C(=O)O)c2C)NC1=O. The van der Waals surface area contributed by atoms with Crippen LogP contribution in [0.15, 0.2) is 35.3 Å². The van der Waals surface area contributed by atoms with Gasteiger partial charge in [-0.05, 0) is 73.4 Å². The average molecular weight is 636 g/mol. The summed E-state index contributed by atoms with van der Waals surface area (Å²) in [6, 6.07) is -0.291. The lowest BCUT2D eigenvalue weighted by molar-refractivity contribution is -0.137. The Kier molecular flexibility index (Phi) is 8.88. The summed E-state index contributed by atoms with van der Waals surface area (Å²) in [4.78, 5) is 55.0. The zero-order valence-electron chi connectivity index (χ0n) is 25.7. The largest absolute Gasteiger partial charge is 0.502 e. The van der Waals surface area contributed by atoms with Gasteiger partial charge in [0, 0.05) is 64.8 Å². The number of aliphatic carboxylic acids is 2. The highest BCUT2D eigenvalue weighted by Crippen LogP contribution is 2.38. The number of H-pyrrole nitrogens is 2. The quantitative estimate of drug-likeness (QED) is 0.0614. The lowest BCUT2D eigenvalue weighted by Gasteiger charge is -2.12. The van der Waals surface area contributed by atoms with Crippen molar-refractivity contribution in [3.8, 4) is 0 Å². The Morgan fingerprint density at radius 1 is 1.04 bits per heavy atom. The number of carbonyl (C=O) groups excluding carboxylic acids is 2. The third-order valence-corrected chi connectivity index (χ3v) is 10.3. The second-order valence-corrected chi connectivity index (χ2v) is 13.4. The second-order valence-electron chi connectivity index (χ2n) is 12.0. The minimum absolute atomic E-state index is 0.00307. The minimum Gasteiger partial charge on any atom is -0.502 e. The van der Waals surface area contributed by atoms with E-state index < -0.39 is 17.7 Å². The maximum atomic E-state index is 12.6. The lowest BCUT2D eigenvalue weighted by Crippen LogP contribution is -2.30. The van der Waals surface area contributed by atoms with Gasteiger partial charge >= 0.3 is 11.9 Å². The Bertz CT molecular complexity index is 1700. The van der Waals surface area contributed by atoms with Crippen molar-refractivity contribution in [1.82, 2.24) is 20.6 Å². The molecular formula is C33H39N4O7S+. The van der Waals surface area contributed by atoms with Gasteiger partial charge in [-0.25, -0.2) is 4.79 Å². The summed E-state index contributed by atoms with van der Waals surface area (Å²) in [5.74, 6) is -2.39. The number of aliphatic hydroxyl groups is 1. The number of aliphatic hydroxyl groups excluding tert-OH is 1. The van der Waals surface area contributed by atoms with E-state index in [0.29, 0.717) is 28.5 Å². The van der Waals surface area contributed by atoms with Crippen molar-refractivity contribution in [3.63, 3.8) is 0 Å². The van der Waals surface area contributed by atoms with Gasteiger partial charge in [-0.1, -0.05) is 19.6 Å². The second kappa shape index (κ2) is 12.5. The molecule has 3 aliphatic rings. The van der Waals surface area contributed by atoms with E-state index in [2.05, 4.69) is 27.2 Å². The maximum absolute atomic E-state index is 12.6. The van der Waals surface area contributed by atoms with Crippen LogP contribution in [-0.2, 0) is 50.2 Å². The predicted octanol–water partition coefficient (Wildman–Crippen LogP) is 3.01. The van der Waals surface area contributed by atoms with Crippen LogP contribution < -0.4 is 10.6 Å². The molecule has 11 nitrogen and oxygen atoms in total. The number of aromatic amines is 2. The molecule has 4 atom stereocenters. The van der Waals surface area contributed by atoms with Crippen molar-refractivity contribution in [1.29, 1.82) is 0 Å². The summed E-state index contributed by atoms with van der Waals surface area (Å²) in [7, 11) is 0. The summed E-state index contributed by atoms with van der Waals surface area (Å²) in [6.45, 7) is 11.3. The number of allylic oxidation sites excluding steroid dienone is 1. The molecule has 2 fully saturated rings. The molecule has 0 spiro atoms. The molecule has 0 saturated carbocycles. The molecule has 2 aromatic rings. The Labute approximate surface area is 265 Å². The van der Waals surface area contributed by atoms with Gasteiger partial charge in [0.05, 0.1) is 12.0 Å². The molecule has 2 aromatic heterocycles. The van der Waals surface area contributed by atoms with E-state index in [9.17, 15) is 34.5 Å². The molecule has 5 heterocycles. The first-order chi connectivity index (χ1) is 21.3. The average Bonchev–Trinajstić information content (AvgIpc) is 3.56. The monoisotopic (exact) mass is 635 g/mol. The Hall–Kier alpha value is -4.45. The number of nitrogens with one attached hydrogen (secondary N) is 4. The smallest absolute Gasteiger partial charge is 0.370 e. The van der Waals surface area contributed by atoms with Crippen LogP contribution in [0.1, 0.15) is 65.3 Å². The zero-order chi connectivity index (χ0) is 32.7.